The minimum absolute atomic E-state index is 0.0429. The van der Waals surface area contributed by atoms with Crippen molar-refractivity contribution in [3.8, 4) is 11.4 Å². The molecule has 0 saturated carbocycles. The van der Waals surface area contributed by atoms with Crippen LogP contribution in [0.2, 0.25) is 5.02 Å². The molecule has 3 aromatic rings. The first kappa shape index (κ1) is 16.7. The summed E-state index contributed by atoms with van der Waals surface area (Å²) in [6.45, 7) is -0.259. The normalized spacial score (nSPS) is 10.6. The van der Waals surface area contributed by atoms with Gasteiger partial charge in [-0.3, -0.25) is 10.1 Å². The fourth-order valence-electron chi connectivity index (χ4n) is 2.11. The Hall–Kier alpha value is -3.20. The van der Waals surface area contributed by atoms with E-state index in [1.165, 1.54) is 17.8 Å². The quantitative estimate of drug-likeness (QED) is 0.389. The monoisotopic (exact) mass is 362 g/mol. The fourth-order valence-corrected chi connectivity index (χ4v) is 2.30. The van der Waals surface area contributed by atoms with Crippen molar-refractivity contribution in [2.45, 2.75) is 6.61 Å². The molecular weight excluding hydrogens is 352 g/mol. The molecule has 0 bridgehead atoms. The van der Waals surface area contributed by atoms with E-state index in [-0.39, 0.29) is 23.9 Å². The molecule has 0 spiro atoms. The van der Waals surface area contributed by atoms with Crippen LogP contribution in [0, 0.1) is 10.1 Å². The largest absolute Gasteiger partial charge is 0.451 e. The van der Waals surface area contributed by atoms with Gasteiger partial charge in [0.25, 0.3) is 11.6 Å². The lowest BCUT2D eigenvalue weighted by Crippen LogP contribution is -2.09. The van der Waals surface area contributed by atoms with Gasteiger partial charge in [-0.15, -0.1) is 0 Å². The van der Waals surface area contributed by atoms with Gasteiger partial charge in [-0.25, -0.2) is 4.79 Å². The highest BCUT2D eigenvalue weighted by Gasteiger charge is 2.20. The van der Waals surface area contributed by atoms with Crippen LogP contribution in [0.5, 0.6) is 0 Å². The Morgan fingerprint density at radius 2 is 2.24 bits per heavy atom. The van der Waals surface area contributed by atoms with Gasteiger partial charge in [0.1, 0.15) is 5.69 Å². The molecule has 1 aromatic carbocycles. The number of carbonyl (C=O) groups is 1. The lowest BCUT2D eigenvalue weighted by molar-refractivity contribution is -0.384. The van der Waals surface area contributed by atoms with Gasteiger partial charge in [0.2, 0.25) is 5.82 Å². The third-order valence-corrected chi connectivity index (χ3v) is 3.52. The summed E-state index contributed by atoms with van der Waals surface area (Å²) in [5, 5.41) is 15.0. The van der Waals surface area contributed by atoms with Gasteiger partial charge >= 0.3 is 5.97 Å². The molecule has 0 aliphatic heterocycles. The molecule has 0 amide bonds. The Bertz CT molecular complexity index is 949. The molecule has 2 heterocycles. The van der Waals surface area contributed by atoms with Crippen molar-refractivity contribution in [3.63, 3.8) is 0 Å². The number of nitrogens with zero attached hydrogens (tertiary/aromatic N) is 4. The average molecular weight is 363 g/mol. The molecule has 0 fully saturated rings. The van der Waals surface area contributed by atoms with Crippen LogP contribution in [-0.2, 0) is 18.4 Å². The molecule has 0 saturated heterocycles. The van der Waals surface area contributed by atoms with Crippen molar-refractivity contribution >= 4 is 23.3 Å². The van der Waals surface area contributed by atoms with Crippen LogP contribution in [0.25, 0.3) is 11.4 Å². The molecule has 9 nitrogen and oxygen atoms in total. The first-order chi connectivity index (χ1) is 11.9. The molecule has 0 atom stereocenters. The summed E-state index contributed by atoms with van der Waals surface area (Å²) in [5.74, 6) is -0.340. The Balaban J connectivity index is 1.68. The number of nitro groups is 1. The Morgan fingerprint density at radius 1 is 1.44 bits per heavy atom. The maximum atomic E-state index is 12.0. The predicted molar refractivity (Wildman–Crippen MR) is 85.9 cm³/mol. The van der Waals surface area contributed by atoms with Crippen molar-refractivity contribution in [1.29, 1.82) is 0 Å². The molecule has 10 heteroatoms. The maximum Gasteiger partial charge on any atom is 0.355 e. The first-order valence-corrected chi connectivity index (χ1v) is 7.38. The Labute approximate surface area is 145 Å². The third-order valence-electron chi connectivity index (χ3n) is 3.29. The number of aryl methyl sites for hydroxylation is 1. The number of hydrogen-bond donors (Lipinski definition) is 0. The van der Waals surface area contributed by atoms with E-state index < -0.39 is 10.9 Å². The summed E-state index contributed by atoms with van der Waals surface area (Å²) in [6, 6.07) is 8.03. The van der Waals surface area contributed by atoms with Crippen molar-refractivity contribution in [3.05, 3.63) is 63.3 Å². The maximum absolute atomic E-state index is 12.0. The lowest BCUT2D eigenvalue weighted by Gasteiger charge is -2.01. The van der Waals surface area contributed by atoms with Gasteiger partial charge < -0.3 is 13.8 Å². The standard InChI is InChI=1S/C15H11ClN4O5/c1-19-7-11(20(22)23)6-12(19)15(21)24-8-13-17-14(18-25-13)9-3-2-4-10(16)5-9/h2-7H,8H2,1H3. The third kappa shape index (κ3) is 3.66. The van der Waals surface area contributed by atoms with Crippen LogP contribution >= 0.6 is 11.6 Å². The summed E-state index contributed by atoms with van der Waals surface area (Å²) in [7, 11) is 1.51. The second-order valence-corrected chi connectivity index (χ2v) is 5.49. The summed E-state index contributed by atoms with van der Waals surface area (Å²) in [4.78, 5) is 26.3. The fraction of sp³-hybridized carbons (Fsp3) is 0.133. The van der Waals surface area contributed by atoms with Gasteiger partial charge in [-0.2, -0.15) is 4.98 Å². The van der Waals surface area contributed by atoms with Crippen LogP contribution < -0.4 is 0 Å². The van der Waals surface area contributed by atoms with Crippen molar-refractivity contribution in [1.82, 2.24) is 14.7 Å². The molecule has 0 aliphatic rings. The van der Waals surface area contributed by atoms with Crippen LogP contribution in [0.3, 0.4) is 0 Å². The van der Waals surface area contributed by atoms with Crippen molar-refractivity contribution in [2.24, 2.45) is 7.05 Å². The number of aromatic nitrogens is 3. The topological polar surface area (TPSA) is 113 Å². The summed E-state index contributed by atoms with van der Waals surface area (Å²) < 4.78 is 11.4. The van der Waals surface area contributed by atoms with E-state index in [1.807, 2.05) is 0 Å². The van der Waals surface area contributed by atoms with E-state index in [0.29, 0.717) is 16.4 Å². The number of ether oxygens (including phenoxy) is 1. The summed E-state index contributed by atoms with van der Waals surface area (Å²) in [6.07, 6.45) is 1.22. The minimum atomic E-state index is -0.738. The number of carbonyl (C=O) groups excluding carboxylic acids is 1. The highest BCUT2D eigenvalue weighted by molar-refractivity contribution is 6.30. The Morgan fingerprint density at radius 3 is 2.92 bits per heavy atom. The van der Waals surface area contributed by atoms with Crippen LogP contribution in [0.1, 0.15) is 16.4 Å². The van der Waals surface area contributed by atoms with E-state index >= 15 is 0 Å². The molecule has 2 aromatic heterocycles. The zero-order chi connectivity index (χ0) is 18.0. The lowest BCUT2D eigenvalue weighted by atomic mass is 10.2. The van der Waals surface area contributed by atoms with Crippen LogP contribution in [0.15, 0.2) is 41.1 Å². The Kier molecular flexibility index (Phi) is 4.48. The summed E-state index contributed by atoms with van der Waals surface area (Å²) >= 11 is 5.91. The van der Waals surface area contributed by atoms with Gasteiger partial charge in [-0.05, 0) is 12.1 Å². The number of benzene rings is 1. The molecule has 0 N–H and O–H groups in total. The van der Waals surface area contributed by atoms with Crippen LogP contribution in [0.4, 0.5) is 5.69 Å². The van der Waals surface area contributed by atoms with E-state index in [0.717, 1.165) is 6.07 Å². The van der Waals surface area contributed by atoms with Crippen molar-refractivity contribution in [2.75, 3.05) is 0 Å². The van der Waals surface area contributed by atoms with E-state index in [2.05, 4.69) is 10.1 Å². The van der Waals surface area contributed by atoms with Gasteiger partial charge in [0.05, 0.1) is 11.1 Å². The molecule has 128 valence electrons. The second kappa shape index (κ2) is 6.73. The predicted octanol–water partition coefficient (Wildman–Crippen LogP) is 2.99. The average Bonchev–Trinajstić information content (AvgIpc) is 3.19. The zero-order valence-corrected chi connectivity index (χ0v) is 13.6. The van der Waals surface area contributed by atoms with E-state index in [4.69, 9.17) is 20.9 Å². The number of esters is 1. The molecular formula is C15H11ClN4O5. The van der Waals surface area contributed by atoms with Gasteiger partial charge in [0, 0.05) is 23.7 Å². The second-order valence-electron chi connectivity index (χ2n) is 5.05. The molecule has 0 radical (unpaired) electrons. The highest BCUT2D eigenvalue weighted by atomic mass is 35.5. The first-order valence-electron chi connectivity index (χ1n) is 7.00. The SMILES string of the molecule is Cn1cc([N+](=O)[O-])cc1C(=O)OCc1nc(-c2cccc(Cl)c2)no1. The number of hydrogen-bond acceptors (Lipinski definition) is 7. The minimum Gasteiger partial charge on any atom is -0.451 e. The van der Waals surface area contributed by atoms with Crippen molar-refractivity contribution < 1.29 is 19.0 Å². The molecule has 25 heavy (non-hydrogen) atoms. The zero-order valence-electron chi connectivity index (χ0n) is 12.9. The molecule has 3 rings (SSSR count). The van der Waals surface area contributed by atoms with E-state index in [1.54, 1.807) is 24.3 Å². The highest BCUT2D eigenvalue weighted by Crippen LogP contribution is 2.20. The van der Waals surface area contributed by atoms with Crippen LogP contribution in [-0.4, -0.2) is 25.6 Å². The smallest absolute Gasteiger partial charge is 0.355 e. The van der Waals surface area contributed by atoms with Gasteiger partial charge in [-0.1, -0.05) is 28.9 Å². The molecule has 0 aliphatic carbocycles. The van der Waals surface area contributed by atoms with E-state index in [9.17, 15) is 14.9 Å². The number of halogens is 1. The summed E-state index contributed by atoms with van der Waals surface area (Å²) in [5.41, 5.74) is 0.503. The van der Waals surface area contributed by atoms with Gasteiger partial charge in [0.15, 0.2) is 6.61 Å². The molecule has 0 unspecified atom stereocenters. The number of rotatable bonds is 5.